The highest BCUT2D eigenvalue weighted by Gasteiger charge is 2.40. The molecule has 192 valence electrons. The highest BCUT2D eigenvalue weighted by atomic mass is 19.4. The smallest absolute Gasteiger partial charge is 0.430 e. The van der Waals surface area contributed by atoms with Crippen molar-refractivity contribution in [2.45, 2.75) is 24.6 Å². The topological polar surface area (TPSA) is 72.1 Å². The van der Waals surface area contributed by atoms with E-state index in [4.69, 9.17) is 14.4 Å². The summed E-state index contributed by atoms with van der Waals surface area (Å²) in [6.45, 7) is 0.822. The van der Waals surface area contributed by atoms with Gasteiger partial charge in [0.2, 0.25) is 0 Å². The van der Waals surface area contributed by atoms with Gasteiger partial charge in [0, 0.05) is 13.1 Å². The second-order valence-electron chi connectivity index (χ2n) is 8.75. The van der Waals surface area contributed by atoms with E-state index < -0.39 is 23.4 Å². The van der Waals surface area contributed by atoms with Crippen LogP contribution in [0.2, 0.25) is 0 Å². The molecule has 3 aromatic carbocycles. The number of halogens is 3. The summed E-state index contributed by atoms with van der Waals surface area (Å²) in [4.78, 5) is 23.9. The number of ether oxygens (including phenoxy) is 1. The number of anilines is 1. The molecular formula is C27H24F3N3O4. The number of hydrogen-bond donors (Lipinski definition) is 2. The Balaban J connectivity index is 1.16. The minimum atomic E-state index is -4.39. The Bertz CT molecular complexity index is 1270. The average molecular weight is 512 g/mol. The van der Waals surface area contributed by atoms with Gasteiger partial charge in [-0.05, 0) is 60.9 Å². The van der Waals surface area contributed by atoms with Crippen LogP contribution in [-0.2, 0) is 15.9 Å². The maximum atomic E-state index is 12.8. The van der Waals surface area contributed by atoms with Gasteiger partial charge in [-0.25, -0.2) is 4.79 Å². The van der Waals surface area contributed by atoms with Crippen molar-refractivity contribution in [3.63, 3.8) is 0 Å². The van der Waals surface area contributed by atoms with Gasteiger partial charge in [-0.15, -0.1) is 5.06 Å². The van der Waals surface area contributed by atoms with Crippen LogP contribution in [0.15, 0.2) is 84.9 Å². The third-order valence-electron chi connectivity index (χ3n) is 6.17. The van der Waals surface area contributed by atoms with Crippen LogP contribution in [0.1, 0.15) is 24.0 Å². The highest BCUT2D eigenvalue weighted by Crippen LogP contribution is 2.36. The van der Waals surface area contributed by atoms with Crippen LogP contribution in [0.3, 0.4) is 0 Å². The monoisotopic (exact) mass is 511 g/mol. The van der Waals surface area contributed by atoms with Crippen molar-refractivity contribution in [1.29, 1.82) is 0 Å². The molecule has 0 atom stereocenters. The van der Waals surface area contributed by atoms with Gasteiger partial charge < -0.3 is 9.57 Å². The van der Waals surface area contributed by atoms with Crippen molar-refractivity contribution >= 4 is 17.5 Å². The molecule has 37 heavy (non-hydrogen) atoms. The Hall–Kier alpha value is -4.02. The van der Waals surface area contributed by atoms with Gasteiger partial charge >= 0.3 is 12.3 Å². The van der Waals surface area contributed by atoms with Crippen molar-refractivity contribution in [2.24, 2.45) is 0 Å². The van der Waals surface area contributed by atoms with Crippen LogP contribution in [0.4, 0.5) is 23.7 Å². The van der Waals surface area contributed by atoms with E-state index in [1.165, 1.54) is 12.1 Å². The third-order valence-corrected chi connectivity index (χ3v) is 6.17. The molecule has 2 N–H and O–H groups in total. The number of hydroxylamine groups is 3. The van der Waals surface area contributed by atoms with Gasteiger partial charge in [0.15, 0.2) is 5.75 Å². The van der Waals surface area contributed by atoms with E-state index in [-0.39, 0.29) is 0 Å². The number of hydrogen-bond acceptors (Lipinski definition) is 6. The number of rotatable bonds is 5. The summed E-state index contributed by atoms with van der Waals surface area (Å²) in [7, 11) is 0. The first kappa shape index (κ1) is 24.7. The first-order chi connectivity index (χ1) is 17.8. The molecule has 0 aliphatic carbocycles. The van der Waals surface area contributed by atoms with Crippen LogP contribution < -0.4 is 15.5 Å². The maximum absolute atomic E-state index is 12.8. The molecule has 0 aromatic heterocycles. The third kappa shape index (κ3) is 5.87. The van der Waals surface area contributed by atoms with Crippen molar-refractivity contribution < 1.29 is 32.4 Å². The van der Waals surface area contributed by atoms with Gasteiger partial charge in [-0.3, -0.25) is 15.6 Å². The Kier molecular flexibility index (Phi) is 6.77. The van der Waals surface area contributed by atoms with Gasteiger partial charge in [0.25, 0.3) is 0 Å². The van der Waals surface area contributed by atoms with E-state index in [0.29, 0.717) is 54.4 Å². The Morgan fingerprint density at radius 3 is 2.32 bits per heavy atom. The molecule has 2 aliphatic heterocycles. The lowest BCUT2D eigenvalue weighted by Gasteiger charge is -2.35. The number of benzene rings is 3. The fourth-order valence-electron chi connectivity index (χ4n) is 4.19. The average Bonchev–Trinajstić information content (AvgIpc) is 3.30. The van der Waals surface area contributed by atoms with Gasteiger partial charge in [0.1, 0.15) is 11.4 Å². The van der Waals surface area contributed by atoms with E-state index in [1.54, 1.807) is 29.3 Å². The molecule has 0 unspecified atom stereocenters. The zero-order valence-electron chi connectivity index (χ0n) is 19.6. The molecule has 10 heteroatoms. The highest BCUT2D eigenvalue weighted by molar-refractivity contribution is 5.86. The van der Waals surface area contributed by atoms with Crippen molar-refractivity contribution in [1.82, 2.24) is 10.5 Å². The molecule has 2 heterocycles. The lowest BCUT2D eigenvalue weighted by molar-refractivity contribution is -0.153. The van der Waals surface area contributed by atoms with Crippen LogP contribution >= 0.6 is 0 Å². The number of nitrogens with one attached hydrogen (secondary N) is 2. The zero-order valence-corrected chi connectivity index (χ0v) is 19.6. The van der Waals surface area contributed by atoms with Crippen LogP contribution in [0, 0.1) is 0 Å². The molecule has 0 radical (unpaired) electrons. The molecule has 1 amide bonds. The van der Waals surface area contributed by atoms with Gasteiger partial charge in [-0.2, -0.15) is 13.2 Å². The molecule has 3 aromatic rings. The summed E-state index contributed by atoms with van der Waals surface area (Å²) >= 11 is 0. The summed E-state index contributed by atoms with van der Waals surface area (Å²) in [5, 5.41) is 4.27. The number of carbonyl (C=O) groups excluding carboxylic acids is 1. The molecule has 1 saturated heterocycles. The summed E-state index contributed by atoms with van der Waals surface area (Å²) in [6.07, 6.45) is -2.11. The van der Waals surface area contributed by atoms with Crippen molar-refractivity contribution in [3.8, 4) is 11.5 Å². The Labute approximate surface area is 211 Å². The number of para-hydroxylation sites is 3. The number of piperidine rings is 1. The first-order valence-corrected chi connectivity index (χ1v) is 11.7. The quantitative estimate of drug-likeness (QED) is 0.415. The van der Waals surface area contributed by atoms with Crippen LogP contribution in [0.5, 0.6) is 11.5 Å². The minimum absolute atomic E-state index is 0.411. The van der Waals surface area contributed by atoms with E-state index in [1.807, 2.05) is 36.4 Å². The van der Waals surface area contributed by atoms with E-state index in [2.05, 4.69) is 10.8 Å². The van der Waals surface area contributed by atoms with Crippen LogP contribution in [0.25, 0.3) is 5.70 Å². The minimum Gasteiger partial charge on any atom is -0.455 e. The molecule has 2 aliphatic rings. The number of carbonyl (C=O) groups is 1. The largest absolute Gasteiger partial charge is 0.455 e. The lowest BCUT2D eigenvalue weighted by Crippen LogP contribution is -2.45. The predicted molar refractivity (Wildman–Crippen MR) is 130 cm³/mol. The Morgan fingerprint density at radius 2 is 1.62 bits per heavy atom. The molecular weight excluding hydrogens is 487 g/mol. The predicted octanol–water partition coefficient (Wildman–Crippen LogP) is 6.37. The number of nitrogens with zero attached hydrogens (tertiary/aromatic N) is 1. The molecule has 5 rings (SSSR count). The SMILES string of the molecule is O=C(Nc1ccccc1Oc1ccccc1)ON1CCC2(C=C(c3ccc(C(F)(F)F)cc3)NO2)CC1. The van der Waals surface area contributed by atoms with E-state index >= 15 is 0 Å². The first-order valence-electron chi connectivity index (χ1n) is 11.7. The fourth-order valence-corrected chi connectivity index (χ4v) is 4.19. The summed E-state index contributed by atoms with van der Waals surface area (Å²) in [5.74, 6) is 1.12. The maximum Gasteiger partial charge on any atom is 0.430 e. The second-order valence-corrected chi connectivity index (χ2v) is 8.75. The second kappa shape index (κ2) is 10.2. The lowest BCUT2D eigenvalue weighted by atomic mass is 9.91. The molecule has 1 spiro atoms. The van der Waals surface area contributed by atoms with Crippen LogP contribution in [-0.4, -0.2) is 29.8 Å². The molecule has 0 saturated carbocycles. The number of amides is 1. The van der Waals surface area contributed by atoms with E-state index in [9.17, 15) is 18.0 Å². The summed E-state index contributed by atoms with van der Waals surface area (Å²) < 4.78 is 44.4. The van der Waals surface area contributed by atoms with Crippen molar-refractivity contribution in [3.05, 3.63) is 96.1 Å². The van der Waals surface area contributed by atoms with Crippen molar-refractivity contribution in [2.75, 3.05) is 18.4 Å². The fraction of sp³-hybridized carbons (Fsp3) is 0.222. The molecule has 7 nitrogen and oxygen atoms in total. The normalized spacial score (nSPS) is 17.1. The van der Waals surface area contributed by atoms with Gasteiger partial charge in [-0.1, -0.05) is 42.5 Å². The zero-order chi connectivity index (χ0) is 25.9. The van der Waals surface area contributed by atoms with Gasteiger partial charge in [0.05, 0.1) is 16.9 Å². The molecule has 0 bridgehead atoms. The summed E-state index contributed by atoms with van der Waals surface area (Å²) in [5.41, 5.74) is 3.17. The number of alkyl halides is 3. The Morgan fingerprint density at radius 1 is 0.946 bits per heavy atom. The standard InChI is InChI=1S/C27H24F3N3O4/c28-27(29,30)20-12-10-19(11-13-20)23-18-26(37-32-23)14-16-33(17-15-26)36-25(34)31-22-8-4-5-9-24(22)35-21-6-2-1-3-7-21/h1-13,18,32H,14-17H2,(H,31,34). The van der Waals surface area contributed by atoms with E-state index in [0.717, 1.165) is 12.1 Å². The summed E-state index contributed by atoms with van der Waals surface area (Å²) in [6, 6.07) is 21.2. The molecule has 1 fully saturated rings.